The SMILES string of the molecule is CN(C(=O)c1ccc(N(C)c2ccccc2C(=O)O)cc1)c1ccc(C23CC4CC(CC(C4)C2)C3)cc1. The molecular weight excluding hydrogens is 460 g/mol. The Balaban J connectivity index is 1.17. The molecule has 5 heteroatoms. The number of hydrogen-bond donors (Lipinski definition) is 1. The number of carbonyl (C=O) groups is 2. The van der Waals surface area contributed by atoms with Crippen LogP contribution < -0.4 is 9.80 Å². The van der Waals surface area contributed by atoms with Gasteiger partial charge in [-0.1, -0.05) is 24.3 Å². The molecular formula is C32H34N2O3. The van der Waals surface area contributed by atoms with Crippen LogP contribution in [0.4, 0.5) is 17.1 Å². The molecule has 190 valence electrons. The second kappa shape index (κ2) is 9.05. The summed E-state index contributed by atoms with van der Waals surface area (Å²) in [5.41, 5.74) is 4.97. The lowest BCUT2D eigenvalue weighted by Gasteiger charge is -2.57. The number of carboxylic acid groups (broad SMARTS) is 1. The van der Waals surface area contributed by atoms with Gasteiger partial charge < -0.3 is 14.9 Å². The number of benzene rings is 3. The van der Waals surface area contributed by atoms with Gasteiger partial charge in [-0.25, -0.2) is 4.79 Å². The molecule has 0 radical (unpaired) electrons. The van der Waals surface area contributed by atoms with E-state index in [4.69, 9.17) is 0 Å². The van der Waals surface area contributed by atoms with Gasteiger partial charge in [0.1, 0.15) is 0 Å². The number of anilines is 3. The molecule has 0 aromatic heterocycles. The second-order valence-electron chi connectivity index (χ2n) is 11.5. The molecule has 4 aliphatic rings. The Morgan fingerprint density at radius 2 is 1.30 bits per heavy atom. The molecule has 4 bridgehead atoms. The predicted molar refractivity (Wildman–Crippen MR) is 147 cm³/mol. The quantitative estimate of drug-likeness (QED) is 0.405. The third kappa shape index (κ3) is 4.20. The van der Waals surface area contributed by atoms with Crippen molar-refractivity contribution in [3.8, 4) is 0 Å². The first kappa shape index (κ1) is 23.8. The lowest BCUT2D eigenvalue weighted by atomic mass is 9.48. The average Bonchev–Trinajstić information content (AvgIpc) is 2.91. The molecule has 3 aromatic carbocycles. The van der Waals surface area contributed by atoms with Crippen LogP contribution in [-0.4, -0.2) is 31.1 Å². The molecule has 37 heavy (non-hydrogen) atoms. The maximum absolute atomic E-state index is 13.3. The third-order valence-corrected chi connectivity index (χ3v) is 9.21. The minimum absolute atomic E-state index is 0.0670. The number of hydrogen-bond acceptors (Lipinski definition) is 3. The molecule has 4 aliphatic carbocycles. The Morgan fingerprint density at radius 3 is 1.86 bits per heavy atom. The number of amides is 1. The molecule has 4 saturated carbocycles. The Bertz CT molecular complexity index is 1290. The van der Waals surface area contributed by atoms with E-state index in [1.165, 1.54) is 44.1 Å². The zero-order valence-corrected chi connectivity index (χ0v) is 21.6. The number of aromatic carboxylic acids is 1. The highest BCUT2D eigenvalue weighted by Crippen LogP contribution is 2.60. The maximum Gasteiger partial charge on any atom is 0.337 e. The van der Waals surface area contributed by atoms with Crippen molar-refractivity contribution in [3.63, 3.8) is 0 Å². The van der Waals surface area contributed by atoms with Crippen LogP contribution in [0, 0.1) is 17.8 Å². The zero-order chi connectivity index (χ0) is 25.7. The van der Waals surface area contributed by atoms with Crippen molar-refractivity contribution >= 4 is 28.9 Å². The summed E-state index contributed by atoms with van der Waals surface area (Å²) < 4.78 is 0. The highest BCUT2D eigenvalue weighted by molar-refractivity contribution is 6.06. The average molecular weight is 495 g/mol. The van der Waals surface area contributed by atoms with Crippen LogP contribution in [0.15, 0.2) is 72.8 Å². The van der Waals surface area contributed by atoms with Crippen molar-refractivity contribution in [2.75, 3.05) is 23.9 Å². The van der Waals surface area contributed by atoms with Gasteiger partial charge in [-0.3, -0.25) is 4.79 Å². The molecule has 1 amide bonds. The van der Waals surface area contributed by atoms with E-state index < -0.39 is 5.97 Å². The van der Waals surface area contributed by atoms with Gasteiger partial charge in [-0.15, -0.1) is 0 Å². The van der Waals surface area contributed by atoms with Crippen molar-refractivity contribution in [1.82, 2.24) is 0 Å². The summed E-state index contributed by atoms with van der Waals surface area (Å²) >= 11 is 0. The van der Waals surface area contributed by atoms with Crippen LogP contribution in [0.3, 0.4) is 0 Å². The van der Waals surface area contributed by atoms with Gasteiger partial charge in [0.15, 0.2) is 0 Å². The van der Waals surface area contributed by atoms with Gasteiger partial charge in [0, 0.05) is 31.0 Å². The summed E-state index contributed by atoms with van der Waals surface area (Å²) in [6.45, 7) is 0. The molecule has 0 unspecified atom stereocenters. The molecule has 1 N–H and O–H groups in total. The fourth-order valence-electron chi connectivity index (χ4n) is 7.73. The summed E-state index contributed by atoms with van der Waals surface area (Å²) in [7, 11) is 3.65. The van der Waals surface area contributed by atoms with Crippen LogP contribution in [0.2, 0.25) is 0 Å². The van der Waals surface area contributed by atoms with Gasteiger partial charge in [-0.2, -0.15) is 0 Å². The Labute approximate surface area is 218 Å². The van der Waals surface area contributed by atoms with E-state index in [9.17, 15) is 14.7 Å². The highest BCUT2D eigenvalue weighted by Gasteiger charge is 2.51. The summed E-state index contributed by atoms with van der Waals surface area (Å²) in [6.07, 6.45) is 8.33. The minimum atomic E-state index is -0.968. The van der Waals surface area contributed by atoms with Gasteiger partial charge in [0.25, 0.3) is 5.91 Å². The lowest BCUT2D eigenvalue weighted by Crippen LogP contribution is -2.48. The molecule has 4 fully saturated rings. The highest BCUT2D eigenvalue weighted by atomic mass is 16.4. The number of carboxylic acids is 1. The fraction of sp³-hybridized carbons (Fsp3) is 0.375. The Kier molecular flexibility index (Phi) is 5.82. The van der Waals surface area contributed by atoms with E-state index in [-0.39, 0.29) is 11.5 Å². The smallest absolute Gasteiger partial charge is 0.337 e. The van der Waals surface area contributed by atoms with Crippen LogP contribution >= 0.6 is 0 Å². The van der Waals surface area contributed by atoms with Crippen molar-refractivity contribution in [1.29, 1.82) is 0 Å². The topological polar surface area (TPSA) is 60.9 Å². The minimum Gasteiger partial charge on any atom is -0.478 e. The van der Waals surface area contributed by atoms with Crippen LogP contribution in [0.1, 0.15) is 64.8 Å². The standard InChI is InChI=1S/C32H34N2O3/c1-33(29-6-4-3-5-28(29)31(36)37)26-11-7-24(8-12-26)30(35)34(2)27-13-9-25(10-14-27)32-18-21-15-22(19-32)17-23(16-21)20-32/h3-14,21-23H,15-20H2,1-2H3,(H,36,37). The molecule has 0 heterocycles. The van der Waals surface area contributed by atoms with E-state index >= 15 is 0 Å². The summed E-state index contributed by atoms with van der Waals surface area (Å²) in [5, 5.41) is 9.52. The van der Waals surface area contributed by atoms with Gasteiger partial charge >= 0.3 is 5.97 Å². The van der Waals surface area contributed by atoms with Gasteiger partial charge in [0.2, 0.25) is 0 Å². The van der Waals surface area contributed by atoms with E-state index in [0.29, 0.717) is 16.7 Å². The Hall–Kier alpha value is -3.60. The number of para-hydroxylation sites is 1. The van der Waals surface area contributed by atoms with Crippen molar-refractivity contribution in [2.24, 2.45) is 17.8 Å². The van der Waals surface area contributed by atoms with Crippen molar-refractivity contribution < 1.29 is 14.7 Å². The largest absolute Gasteiger partial charge is 0.478 e. The lowest BCUT2D eigenvalue weighted by molar-refractivity contribution is -0.00518. The van der Waals surface area contributed by atoms with E-state index in [1.807, 2.05) is 37.2 Å². The van der Waals surface area contributed by atoms with E-state index in [0.717, 1.165) is 29.1 Å². The molecule has 0 saturated heterocycles. The number of carbonyl (C=O) groups excluding carboxylic acids is 1. The second-order valence-corrected chi connectivity index (χ2v) is 11.5. The summed E-state index contributed by atoms with van der Waals surface area (Å²) in [5.74, 6) is 1.70. The van der Waals surface area contributed by atoms with Crippen molar-refractivity contribution in [2.45, 2.75) is 43.9 Å². The molecule has 0 aliphatic heterocycles. The molecule has 0 spiro atoms. The maximum atomic E-state index is 13.3. The molecule has 0 atom stereocenters. The van der Waals surface area contributed by atoms with E-state index in [2.05, 4.69) is 24.3 Å². The number of nitrogens with zero attached hydrogens (tertiary/aromatic N) is 2. The molecule has 7 rings (SSSR count). The Morgan fingerprint density at radius 1 is 0.757 bits per heavy atom. The normalized spacial score (nSPS) is 25.6. The van der Waals surface area contributed by atoms with Crippen LogP contribution in [-0.2, 0) is 5.41 Å². The third-order valence-electron chi connectivity index (χ3n) is 9.21. The zero-order valence-electron chi connectivity index (χ0n) is 21.6. The summed E-state index contributed by atoms with van der Waals surface area (Å²) in [6, 6.07) is 23.0. The number of rotatable bonds is 6. The monoisotopic (exact) mass is 494 g/mol. The summed E-state index contributed by atoms with van der Waals surface area (Å²) in [4.78, 5) is 28.4. The van der Waals surface area contributed by atoms with Crippen molar-refractivity contribution in [3.05, 3.63) is 89.5 Å². The predicted octanol–water partition coefficient (Wildman–Crippen LogP) is 6.90. The first-order chi connectivity index (χ1) is 17.8. The van der Waals surface area contributed by atoms with Crippen LogP contribution in [0.5, 0.6) is 0 Å². The first-order valence-corrected chi connectivity index (χ1v) is 13.4. The fourth-order valence-corrected chi connectivity index (χ4v) is 7.73. The van der Waals surface area contributed by atoms with Gasteiger partial charge in [-0.05, 0) is 116 Å². The first-order valence-electron chi connectivity index (χ1n) is 13.4. The van der Waals surface area contributed by atoms with Gasteiger partial charge in [0.05, 0.1) is 11.3 Å². The molecule has 3 aromatic rings. The van der Waals surface area contributed by atoms with Crippen LogP contribution in [0.25, 0.3) is 0 Å². The van der Waals surface area contributed by atoms with E-state index in [1.54, 1.807) is 35.2 Å². The molecule has 5 nitrogen and oxygen atoms in total.